The monoisotopic (exact) mass is 557 g/mol. The number of nitrogens with one attached hydrogen (secondary N) is 1. The number of rotatable bonds is 3. The zero-order valence-electron chi connectivity index (χ0n) is 22.7. The second kappa shape index (κ2) is 9.29. The molecule has 0 aliphatic carbocycles. The molecule has 8 amide bonds. The van der Waals surface area contributed by atoms with Crippen LogP contribution in [0.5, 0.6) is 5.75 Å². The van der Waals surface area contributed by atoms with Crippen LogP contribution in [-0.2, 0) is 25.6 Å². The van der Waals surface area contributed by atoms with Crippen LogP contribution in [-0.4, -0.2) is 79.3 Å². The van der Waals surface area contributed by atoms with Crippen LogP contribution in [0.4, 0.5) is 21.0 Å². The van der Waals surface area contributed by atoms with E-state index in [1.165, 1.54) is 33.3 Å². The second-order valence-corrected chi connectivity index (χ2v) is 10.6. The van der Waals surface area contributed by atoms with E-state index < -0.39 is 47.1 Å². The van der Waals surface area contributed by atoms with Gasteiger partial charge in [-0.15, -0.1) is 0 Å². The highest BCUT2D eigenvalue weighted by Gasteiger charge is 2.63. The molecule has 0 radical (unpaired) electrons. The first kappa shape index (κ1) is 26.2. The minimum atomic E-state index is -1.47. The van der Waals surface area contributed by atoms with Crippen molar-refractivity contribution in [3.05, 3.63) is 59.2 Å². The number of carbonyl (C=O) groups is 6. The third kappa shape index (κ3) is 3.74. The number of hydrogen-bond acceptors (Lipinski definition) is 8. The molecule has 0 saturated carbocycles. The summed E-state index contributed by atoms with van der Waals surface area (Å²) in [6.45, 7) is 0.639. The van der Waals surface area contributed by atoms with Crippen LogP contribution < -0.4 is 19.9 Å². The predicted octanol–water partition coefficient (Wildman–Crippen LogP) is 1.92. The minimum Gasteiger partial charge on any atom is -0.497 e. The fourth-order valence-corrected chi connectivity index (χ4v) is 6.44. The van der Waals surface area contributed by atoms with Crippen molar-refractivity contribution < 1.29 is 33.5 Å². The van der Waals surface area contributed by atoms with Gasteiger partial charge in [0.05, 0.1) is 18.8 Å². The highest BCUT2D eigenvalue weighted by Crippen LogP contribution is 2.49. The number of urea groups is 2. The molecule has 3 saturated heterocycles. The highest BCUT2D eigenvalue weighted by molar-refractivity contribution is 6.39. The van der Waals surface area contributed by atoms with Gasteiger partial charge in [-0.2, -0.15) is 0 Å². The van der Waals surface area contributed by atoms with Gasteiger partial charge in [-0.1, -0.05) is 12.1 Å². The third-order valence-corrected chi connectivity index (χ3v) is 8.37. The number of nitrogens with zero attached hydrogens (tertiary/aromatic N) is 4. The summed E-state index contributed by atoms with van der Waals surface area (Å²) >= 11 is 0. The Morgan fingerprint density at radius 2 is 1.71 bits per heavy atom. The Morgan fingerprint density at radius 3 is 2.41 bits per heavy atom. The van der Waals surface area contributed by atoms with Crippen molar-refractivity contribution in [2.24, 2.45) is 5.41 Å². The van der Waals surface area contributed by atoms with E-state index in [1.54, 1.807) is 30.3 Å². The molecule has 4 heterocycles. The standard InChI is InChI=1S/C29H27N5O7/c1-31-25(37)29(26(38)32(2)28(31)40)15-17-12-16(9-10-21(17)33-11-5-8-22(29)33)13-20-23(35)30-27(39)34(24(20)36)18-6-4-7-19(14-18)41-3/h4,6-7,9-10,12-14,22H,5,8,11,15H2,1-3H3,(H,30,35,39)/b20-13+/t22-/m0/s1. The topological polar surface area (TPSA) is 137 Å². The normalized spacial score (nSPS) is 22.9. The van der Waals surface area contributed by atoms with Gasteiger partial charge in [0, 0.05) is 32.4 Å². The van der Waals surface area contributed by atoms with Crippen LogP contribution >= 0.6 is 0 Å². The van der Waals surface area contributed by atoms with E-state index in [4.69, 9.17) is 4.74 Å². The van der Waals surface area contributed by atoms with Crippen molar-refractivity contribution in [2.45, 2.75) is 25.3 Å². The van der Waals surface area contributed by atoms with Crippen LogP contribution in [0.2, 0.25) is 0 Å². The lowest BCUT2D eigenvalue weighted by atomic mass is 9.68. The lowest BCUT2D eigenvalue weighted by Crippen LogP contribution is -2.70. The number of carbonyl (C=O) groups excluding carboxylic acids is 6. The molecule has 12 heteroatoms. The first-order valence-electron chi connectivity index (χ1n) is 13.1. The molecule has 3 fully saturated rings. The Morgan fingerprint density at radius 1 is 0.976 bits per heavy atom. The Balaban J connectivity index is 1.40. The Labute approximate surface area is 235 Å². The molecule has 1 atom stereocenters. The lowest BCUT2D eigenvalue weighted by Gasteiger charge is -2.50. The Hall–Kier alpha value is -5.00. The summed E-state index contributed by atoms with van der Waals surface area (Å²) in [5.74, 6) is -2.29. The van der Waals surface area contributed by atoms with Gasteiger partial charge in [-0.25, -0.2) is 14.5 Å². The molecule has 2 aromatic carbocycles. The second-order valence-electron chi connectivity index (χ2n) is 10.6. The van der Waals surface area contributed by atoms with Crippen molar-refractivity contribution in [3.63, 3.8) is 0 Å². The van der Waals surface area contributed by atoms with E-state index in [2.05, 4.69) is 5.32 Å². The molecule has 0 aromatic heterocycles. The van der Waals surface area contributed by atoms with Crippen molar-refractivity contribution in [3.8, 4) is 5.75 Å². The van der Waals surface area contributed by atoms with Gasteiger partial charge in [-0.05, 0) is 60.7 Å². The molecule has 4 aliphatic heterocycles. The van der Waals surface area contributed by atoms with Crippen LogP contribution in [0.1, 0.15) is 24.0 Å². The number of hydrogen-bond donors (Lipinski definition) is 1. The van der Waals surface area contributed by atoms with Crippen molar-refractivity contribution >= 4 is 53.1 Å². The van der Waals surface area contributed by atoms with E-state index in [9.17, 15) is 28.8 Å². The molecule has 4 aliphatic rings. The molecule has 0 unspecified atom stereocenters. The van der Waals surface area contributed by atoms with E-state index in [0.29, 0.717) is 29.8 Å². The van der Waals surface area contributed by atoms with E-state index in [1.807, 2.05) is 11.0 Å². The number of imide groups is 4. The average molecular weight is 558 g/mol. The SMILES string of the molecule is COc1cccc(N2C(=O)NC(=O)/C(=C\c3ccc4c(c3)CC3(C(=O)N(C)C(=O)N(C)C3=O)[C@@H]3CCCN43)C2=O)c1. The van der Waals surface area contributed by atoms with E-state index in [0.717, 1.165) is 26.8 Å². The summed E-state index contributed by atoms with van der Waals surface area (Å²) in [6, 6.07) is 9.73. The molecule has 6 rings (SSSR count). The highest BCUT2D eigenvalue weighted by atomic mass is 16.5. The largest absolute Gasteiger partial charge is 0.497 e. The molecule has 41 heavy (non-hydrogen) atoms. The number of methoxy groups -OCH3 is 1. The number of fused-ring (bicyclic) bond motifs is 4. The molecular formula is C29H27N5O7. The number of anilines is 2. The van der Waals surface area contributed by atoms with Gasteiger partial charge in [0.1, 0.15) is 11.3 Å². The molecular weight excluding hydrogens is 530 g/mol. The average Bonchev–Trinajstić information content (AvgIpc) is 3.47. The molecule has 2 aromatic rings. The predicted molar refractivity (Wildman–Crippen MR) is 146 cm³/mol. The first-order valence-corrected chi connectivity index (χ1v) is 13.1. The maximum atomic E-state index is 13.6. The van der Waals surface area contributed by atoms with Crippen molar-refractivity contribution in [1.29, 1.82) is 0 Å². The van der Waals surface area contributed by atoms with Crippen molar-refractivity contribution in [1.82, 2.24) is 15.1 Å². The van der Waals surface area contributed by atoms with Crippen LogP contribution in [0.3, 0.4) is 0 Å². The summed E-state index contributed by atoms with van der Waals surface area (Å²) < 4.78 is 5.20. The number of ether oxygens (including phenoxy) is 1. The number of benzene rings is 2. The maximum Gasteiger partial charge on any atom is 0.335 e. The van der Waals surface area contributed by atoms with Crippen LogP contribution in [0.15, 0.2) is 48.0 Å². The number of amides is 8. The molecule has 210 valence electrons. The van der Waals surface area contributed by atoms with Crippen LogP contribution in [0.25, 0.3) is 6.08 Å². The van der Waals surface area contributed by atoms with Gasteiger partial charge in [0.2, 0.25) is 11.8 Å². The minimum absolute atomic E-state index is 0.0642. The summed E-state index contributed by atoms with van der Waals surface area (Å²) in [5, 5.41) is 2.21. The smallest absolute Gasteiger partial charge is 0.335 e. The fraction of sp³-hybridized carbons (Fsp3) is 0.310. The van der Waals surface area contributed by atoms with Gasteiger partial charge in [-0.3, -0.25) is 34.3 Å². The van der Waals surface area contributed by atoms with E-state index in [-0.39, 0.29) is 17.7 Å². The van der Waals surface area contributed by atoms with Gasteiger partial charge in [0.25, 0.3) is 11.8 Å². The molecule has 1 N–H and O–H groups in total. The van der Waals surface area contributed by atoms with Gasteiger partial charge < -0.3 is 9.64 Å². The van der Waals surface area contributed by atoms with Crippen LogP contribution in [0, 0.1) is 5.41 Å². The first-order chi connectivity index (χ1) is 19.6. The van der Waals surface area contributed by atoms with Crippen molar-refractivity contribution in [2.75, 3.05) is 37.5 Å². The fourth-order valence-electron chi connectivity index (χ4n) is 6.44. The lowest BCUT2D eigenvalue weighted by molar-refractivity contribution is -0.159. The zero-order valence-corrected chi connectivity index (χ0v) is 22.7. The Kier molecular flexibility index (Phi) is 5.94. The molecule has 0 bridgehead atoms. The summed E-state index contributed by atoms with van der Waals surface area (Å²) in [6.07, 6.45) is 2.85. The molecule has 1 spiro atoms. The Bertz CT molecular complexity index is 1570. The van der Waals surface area contributed by atoms with E-state index >= 15 is 0 Å². The quantitative estimate of drug-likeness (QED) is 0.344. The third-order valence-electron chi connectivity index (χ3n) is 8.37. The summed E-state index contributed by atoms with van der Waals surface area (Å²) in [7, 11) is 4.22. The summed E-state index contributed by atoms with van der Waals surface area (Å²) in [5.41, 5.74) is 0.515. The van der Waals surface area contributed by atoms with Gasteiger partial charge in [0.15, 0.2) is 5.41 Å². The molecule has 12 nitrogen and oxygen atoms in total. The zero-order chi connectivity index (χ0) is 29.2. The number of barbiturate groups is 2. The maximum absolute atomic E-state index is 13.6. The summed E-state index contributed by atoms with van der Waals surface area (Å²) in [4.78, 5) is 83.5. The van der Waals surface area contributed by atoms with Gasteiger partial charge >= 0.3 is 12.1 Å².